The molecule has 0 saturated carbocycles. The second-order valence-corrected chi connectivity index (χ2v) is 5.95. The van der Waals surface area contributed by atoms with Gasteiger partial charge in [-0.2, -0.15) is 11.8 Å². The van der Waals surface area contributed by atoms with Gasteiger partial charge < -0.3 is 10.1 Å². The van der Waals surface area contributed by atoms with Gasteiger partial charge in [0.2, 0.25) is 0 Å². The summed E-state index contributed by atoms with van der Waals surface area (Å²) >= 11 is 2.00. The summed E-state index contributed by atoms with van der Waals surface area (Å²) in [6, 6.07) is 7.15. The van der Waals surface area contributed by atoms with Crippen molar-refractivity contribution in [1.82, 2.24) is 5.32 Å². The number of fused-ring (bicyclic) bond motifs is 1. The van der Waals surface area contributed by atoms with Crippen LogP contribution >= 0.6 is 11.8 Å². The van der Waals surface area contributed by atoms with Crippen molar-refractivity contribution in [1.29, 1.82) is 0 Å². The Hall–Kier alpha value is -0.670. The van der Waals surface area contributed by atoms with Gasteiger partial charge in [-0.1, -0.05) is 26.0 Å². The van der Waals surface area contributed by atoms with Gasteiger partial charge in [-0.15, -0.1) is 0 Å². The predicted molar refractivity (Wildman–Crippen MR) is 79.7 cm³/mol. The number of hydrogen-bond donors (Lipinski definition) is 1. The molecule has 1 N–H and O–H groups in total. The van der Waals surface area contributed by atoms with Crippen LogP contribution in [-0.4, -0.2) is 24.7 Å². The molecule has 18 heavy (non-hydrogen) atoms. The fourth-order valence-electron chi connectivity index (χ4n) is 2.25. The minimum absolute atomic E-state index is 0.473. The van der Waals surface area contributed by atoms with Gasteiger partial charge in [-0.3, -0.25) is 0 Å². The molecule has 3 heteroatoms. The normalized spacial score (nSPS) is 15.2. The minimum atomic E-state index is 0.473. The summed E-state index contributed by atoms with van der Waals surface area (Å²) in [5.41, 5.74) is 2.78. The zero-order valence-corrected chi connectivity index (χ0v) is 12.2. The molecule has 0 aliphatic carbocycles. The molecule has 1 atom stereocenters. The summed E-state index contributed by atoms with van der Waals surface area (Å²) in [6.45, 7) is 6.36. The second-order valence-electron chi connectivity index (χ2n) is 4.63. The molecule has 2 rings (SSSR count). The third-order valence-electron chi connectivity index (χ3n) is 3.25. The molecule has 1 aromatic carbocycles. The van der Waals surface area contributed by atoms with Crippen molar-refractivity contribution in [2.75, 3.05) is 24.7 Å². The molecular formula is C15H23NOS. The van der Waals surface area contributed by atoms with Gasteiger partial charge in [0.25, 0.3) is 0 Å². The molecule has 1 unspecified atom stereocenters. The third-order valence-corrected chi connectivity index (χ3v) is 4.22. The van der Waals surface area contributed by atoms with Gasteiger partial charge in [-0.25, -0.2) is 0 Å². The molecule has 1 aliphatic heterocycles. The van der Waals surface area contributed by atoms with E-state index in [0.29, 0.717) is 6.04 Å². The molecule has 1 aromatic rings. The highest BCUT2D eigenvalue weighted by Crippen LogP contribution is 2.29. The lowest BCUT2D eigenvalue weighted by atomic mass is 10.0. The summed E-state index contributed by atoms with van der Waals surface area (Å²) in [5.74, 6) is 3.41. The maximum atomic E-state index is 5.57. The molecule has 0 bridgehead atoms. The quantitative estimate of drug-likeness (QED) is 0.816. The number of benzene rings is 1. The highest BCUT2D eigenvalue weighted by atomic mass is 32.2. The zero-order chi connectivity index (χ0) is 12.8. The lowest BCUT2D eigenvalue weighted by Gasteiger charge is -2.19. The molecule has 1 heterocycles. The highest BCUT2D eigenvalue weighted by molar-refractivity contribution is 7.99. The van der Waals surface area contributed by atoms with E-state index in [1.54, 1.807) is 0 Å². The van der Waals surface area contributed by atoms with E-state index in [-0.39, 0.29) is 0 Å². The van der Waals surface area contributed by atoms with E-state index in [1.165, 1.54) is 23.3 Å². The molecule has 1 aliphatic rings. The molecule has 0 radical (unpaired) electrons. The topological polar surface area (TPSA) is 21.3 Å². The first kappa shape index (κ1) is 13.8. The molecule has 0 fully saturated rings. The lowest BCUT2D eigenvalue weighted by Crippen LogP contribution is -2.24. The van der Waals surface area contributed by atoms with Crippen molar-refractivity contribution in [2.24, 2.45) is 0 Å². The lowest BCUT2D eigenvalue weighted by molar-refractivity contribution is 0.356. The van der Waals surface area contributed by atoms with E-state index in [4.69, 9.17) is 4.74 Å². The Bertz CT molecular complexity index is 373. The maximum absolute atomic E-state index is 5.57. The SMILES string of the molecule is CCCNC(CSCC)c1ccc2c(c1)CCO2. The summed E-state index contributed by atoms with van der Waals surface area (Å²) in [4.78, 5) is 0. The van der Waals surface area contributed by atoms with E-state index >= 15 is 0 Å². The molecule has 100 valence electrons. The zero-order valence-electron chi connectivity index (χ0n) is 11.4. The van der Waals surface area contributed by atoms with Crippen LogP contribution in [0.3, 0.4) is 0 Å². The minimum Gasteiger partial charge on any atom is -0.493 e. The maximum Gasteiger partial charge on any atom is 0.122 e. The number of rotatable bonds is 7. The van der Waals surface area contributed by atoms with Crippen molar-refractivity contribution < 1.29 is 4.74 Å². The summed E-state index contributed by atoms with van der Waals surface area (Å²) in [6.07, 6.45) is 2.24. The Morgan fingerprint density at radius 1 is 1.39 bits per heavy atom. The highest BCUT2D eigenvalue weighted by Gasteiger charge is 2.16. The van der Waals surface area contributed by atoms with E-state index in [2.05, 4.69) is 37.4 Å². The van der Waals surface area contributed by atoms with Crippen molar-refractivity contribution in [2.45, 2.75) is 32.7 Å². The first-order chi connectivity index (χ1) is 8.85. The van der Waals surface area contributed by atoms with Crippen LogP contribution in [0.2, 0.25) is 0 Å². The fraction of sp³-hybridized carbons (Fsp3) is 0.600. The van der Waals surface area contributed by atoms with Crippen LogP contribution in [0.5, 0.6) is 5.75 Å². The summed E-state index contributed by atoms with van der Waals surface area (Å²) in [5, 5.41) is 3.65. The van der Waals surface area contributed by atoms with Crippen LogP contribution in [0, 0.1) is 0 Å². The van der Waals surface area contributed by atoms with Crippen molar-refractivity contribution in [3.63, 3.8) is 0 Å². The van der Waals surface area contributed by atoms with Gasteiger partial charge in [0.15, 0.2) is 0 Å². The Morgan fingerprint density at radius 3 is 3.06 bits per heavy atom. The molecule has 0 spiro atoms. The van der Waals surface area contributed by atoms with Crippen LogP contribution in [0.25, 0.3) is 0 Å². The second kappa shape index (κ2) is 7.05. The number of thioether (sulfide) groups is 1. The monoisotopic (exact) mass is 265 g/mol. The third kappa shape index (κ3) is 3.42. The number of nitrogens with one attached hydrogen (secondary N) is 1. The molecule has 0 amide bonds. The Balaban J connectivity index is 2.08. The molecule has 2 nitrogen and oxygen atoms in total. The van der Waals surface area contributed by atoms with Crippen molar-refractivity contribution >= 4 is 11.8 Å². The number of hydrogen-bond acceptors (Lipinski definition) is 3. The average molecular weight is 265 g/mol. The molecule has 0 aromatic heterocycles. The van der Waals surface area contributed by atoms with Crippen molar-refractivity contribution in [3.8, 4) is 5.75 Å². The Labute approximate surface area is 114 Å². The predicted octanol–water partition coefficient (Wildman–Crippen LogP) is 3.42. The van der Waals surface area contributed by atoms with Gasteiger partial charge >= 0.3 is 0 Å². The van der Waals surface area contributed by atoms with E-state index in [9.17, 15) is 0 Å². The van der Waals surface area contributed by atoms with Crippen LogP contribution in [-0.2, 0) is 6.42 Å². The van der Waals surface area contributed by atoms with Crippen LogP contribution in [0.15, 0.2) is 18.2 Å². The smallest absolute Gasteiger partial charge is 0.122 e. The van der Waals surface area contributed by atoms with Gasteiger partial charge in [0.05, 0.1) is 6.61 Å². The van der Waals surface area contributed by atoms with Crippen LogP contribution in [0.4, 0.5) is 0 Å². The summed E-state index contributed by atoms with van der Waals surface area (Å²) < 4.78 is 5.57. The summed E-state index contributed by atoms with van der Waals surface area (Å²) in [7, 11) is 0. The first-order valence-corrected chi connectivity index (χ1v) is 8.07. The first-order valence-electron chi connectivity index (χ1n) is 6.92. The van der Waals surface area contributed by atoms with Crippen molar-refractivity contribution in [3.05, 3.63) is 29.3 Å². The molecule has 0 saturated heterocycles. The molecular weight excluding hydrogens is 242 g/mol. The van der Waals surface area contributed by atoms with Gasteiger partial charge in [0.1, 0.15) is 5.75 Å². The fourth-order valence-corrected chi connectivity index (χ4v) is 3.03. The largest absolute Gasteiger partial charge is 0.493 e. The van der Waals surface area contributed by atoms with Gasteiger partial charge in [0, 0.05) is 18.2 Å². The Kier molecular flexibility index (Phi) is 5.39. The van der Waals surface area contributed by atoms with Crippen LogP contribution < -0.4 is 10.1 Å². The Morgan fingerprint density at radius 2 is 2.28 bits per heavy atom. The van der Waals surface area contributed by atoms with Gasteiger partial charge in [-0.05, 0) is 35.9 Å². The number of ether oxygens (including phenoxy) is 1. The van der Waals surface area contributed by atoms with E-state index < -0.39 is 0 Å². The van der Waals surface area contributed by atoms with E-state index in [1.807, 2.05) is 11.8 Å². The standard InChI is InChI=1S/C15H23NOS/c1-3-8-16-14(11-18-4-2)12-5-6-15-13(10-12)7-9-17-15/h5-6,10,14,16H,3-4,7-9,11H2,1-2H3. The average Bonchev–Trinajstić information content (AvgIpc) is 2.86. The van der Waals surface area contributed by atoms with Crippen LogP contribution in [0.1, 0.15) is 37.4 Å². The van der Waals surface area contributed by atoms with E-state index in [0.717, 1.165) is 31.1 Å².